The summed E-state index contributed by atoms with van der Waals surface area (Å²) >= 11 is 1.79. The molecule has 1 heterocycles. The van der Waals surface area contributed by atoms with Crippen LogP contribution in [-0.4, -0.2) is 11.1 Å². The molecule has 2 rings (SSSR count). The minimum atomic E-state index is -0.353. The van der Waals surface area contributed by atoms with Crippen LogP contribution in [0.25, 0.3) is 0 Å². The molecule has 1 N–H and O–H groups in total. The largest absolute Gasteiger partial charge is 0.388 e. The van der Waals surface area contributed by atoms with E-state index < -0.39 is 0 Å². The Morgan fingerprint density at radius 1 is 1.15 bits per heavy atom. The van der Waals surface area contributed by atoms with Crippen molar-refractivity contribution in [3.8, 4) is 0 Å². The first kappa shape index (κ1) is 15.1. The molecule has 0 aliphatic heterocycles. The molecule has 0 saturated carbocycles. The van der Waals surface area contributed by atoms with Crippen molar-refractivity contribution in [1.82, 2.24) is 0 Å². The monoisotopic (exact) mass is 289 g/mol. The summed E-state index contributed by atoms with van der Waals surface area (Å²) in [7, 11) is 0. The van der Waals surface area contributed by atoms with Gasteiger partial charge in [-0.25, -0.2) is 0 Å². The van der Waals surface area contributed by atoms with Crippen molar-refractivity contribution in [2.45, 2.75) is 45.9 Å². The number of nitrogens with zero attached hydrogens (tertiary/aromatic N) is 1. The Balaban J connectivity index is 2.17. The van der Waals surface area contributed by atoms with Crippen LogP contribution in [-0.2, 0) is 6.54 Å². The summed E-state index contributed by atoms with van der Waals surface area (Å²) in [5.41, 5.74) is 2.21. The summed E-state index contributed by atoms with van der Waals surface area (Å²) in [4.78, 5) is 3.75. The Kier molecular flexibility index (Phi) is 5.21. The third-order valence-corrected chi connectivity index (χ3v) is 4.39. The molecule has 0 spiro atoms. The lowest BCUT2D eigenvalue weighted by molar-refractivity contribution is 0.173. The molecule has 1 unspecified atom stereocenters. The maximum atomic E-state index is 9.86. The Morgan fingerprint density at radius 2 is 1.85 bits per heavy atom. The molecular weight excluding hydrogens is 266 g/mol. The third-order valence-electron chi connectivity index (χ3n) is 3.53. The van der Waals surface area contributed by atoms with Gasteiger partial charge in [-0.05, 0) is 49.4 Å². The molecule has 0 saturated heterocycles. The van der Waals surface area contributed by atoms with Crippen LogP contribution in [0.3, 0.4) is 0 Å². The fraction of sp³-hybridized carbons (Fsp3) is 0.412. The molecule has 1 aromatic heterocycles. The van der Waals surface area contributed by atoms with E-state index in [1.54, 1.807) is 11.3 Å². The fourth-order valence-corrected chi connectivity index (χ4v) is 2.97. The van der Waals surface area contributed by atoms with Gasteiger partial charge in [0.15, 0.2) is 0 Å². The molecule has 2 aromatic rings. The molecule has 108 valence electrons. The van der Waals surface area contributed by atoms with E-state index in [0.717, 1.165) is 18.5 Å². The first-order valence-corrected chi connectivity index (χ1v) is 8.06. The maximum absolute atomic E-state index is 9.86. The predicted molar refractivity (Wildman–Crippen MR) is 87.3 cm³/mol. The standard InChI is InChI=1S/C17H23NOS/c1-4-17(19)14-7-9-15(10-8-14)18(13(2)3)12-16-6-5-11-20-16/h5-11,13,17,19H,4,12H2,1-3H3. The van der Waals surface area contributed by atoms with Crippen LogP contribution in [0.4, 0.5) is 5.69 Å². The van der Waals surface area contributed by atoms with E-state index in [2.05, 4.69) is 48.4 Å². The highest BCUT2D eigenvalue weighted by Gasteiger charge is 2.12. The van der Waals surface area contributed by atoms with E-state index in [0.29, 0.717) is 6.04 Å². The summed E-state index contributed by atoms with van der Waals surface area (Å²) < 4.78 is 0. The van der Waals surface area contributed by atoms with Crippen molar-refractivity contribution in [3.63, 3.8) is 0 Å². The SMILES string of the molecule is CCC(O)c1ccc(N(Cc2cccs2)C(C)C)cc1. The van der Waals surface area contributed by atoms with Gasteiger partial charge in [0.1, 0.15) is 0 Å². The summed E-state index contributed by atoms with van der Waals surface area (Å²) in [5.74, 6) is 0. The van der Waals surface area contributed by atoms with Crippen molar-refractivity contribution in [3.05, 3.63) is 52.2 Å². The maximum Gasteiger partial charge on any atom is 0.0787 e. The third kappa shape index (κ3) is 3.62. The first-order chi connectivity index (χ1) is 9.61. The Bertz CT molecular complexity index is 504. The van der Waals surface area contributed by atoms with Crippen LogP contribution >= 0.6 is 11.3 Å². The number of thiophene rings is 1. The predicted octanol–water partition coefficient (Wildman–Crippen LogP) is 4.61. The van der Waals surface area contributed by atoms with E-state index in [9.17, 15) is 5.11 Å². The molecule has 3 heteroatoms. The van der Waals surface area contributed by atoms with Gasteiger partial charge in [-0.2, -0.15) is 0 Å². The van der Waals surface area contributed by atoms with Gasteiger partial charge in [-0.3, -0.25) is 0 Å². The van der Waals surface area contributed by atoms with Gasteiger partial charge in [-0.15, -0.1) is 11.3 Å². The lowest BCUT2D eigenvalue weighted by Crippen LogP contribution is -2.29. The molecular formula is C17H23NOS. The van der Waals surface area contributed by atoms with Crippen LogP contribution in [0.1, 0.15) is 43.7 Å². The molecule has 0 bridgehead atoms. The van der Waals surface area contributed by atoms with Crippen LogP contribution in [0, 0.1) is 0 Å². The van der Waals surface area contributed by atoms with Crippen molar-refractivity contribution in [2.24, 2.45) is 0 Å². The zero-order chi connectivity index (χ0) is 14.5. The average molecular weight is 289 g/mol. The van der Waals surface area contributed by atoms with Gasteiger partial charge < -0.3 is 10.0 Å². The van der Waals surface area contributed by atoms with E-state index >= 15 is 0 Å². The van der Waals surface area contributed by atoms with Crippen LogP contribution in [0.2, 0.25) is 0 Å². The minimum Gasteiger partial charge on any atom is -0.388 e. The number of hydrogen-bond acceptors (Lipinski definition) is 3. The number of anilines is 1. The zero-order valence-electron chi connectivity index (χ0n) is 12.4. The normalized spacial score (nSPS) is 12.7. The molecule has 1 atom stereocenters. The number of aliphatic hydroxyl groups is 1. The summed E-state index contributed by atoms with van der Waals surface area (Å²) in [5, 5.41) is 12.0. The Hall–Kier alpha value is -1.32. The molecule has 0 radical (unpaired) electrons. The molecule has 1 aromatic carbocycles. The topological polar surface area (TPSA) is 23.5 Å². The second kappa shape index (κ2) is 6.91. The van der Waals surface area contributed by atoms with E-state index in [4.69, 9.17) is 0 Å². The molecule has 20 heavy (non-hydrogen) atoms. The fourth-order valence-electron chi connectivity index (χ4n) is 2.27. The van der Waals surface area contributed by atoms with Gasteiger partial charge in [-0.1, -0.05) is 25.1 Å². The van der Waals surface area contributed by atoms with E-state index in [-0.39, 0.29) is 6.10 Å². The number of aliphatic hydroxyl groups excluding tert-OH is 1. The van der Waals surface area contributed by atoms with Crippen molar-refractivity contribution in [1.29, 1.82) is 0 Å². The molecule has 0 aliphatic carbocycles. The summed E-state index contributed by atoms with van der Waals surface area (Å²) in [6.45, 7) is 7.35. The highest BCUT2D eigenvalue weighted by atomic mass is 32.1. The number of hydrogen-bond donors (Lipinski definition) is 1. The highest BCUT2D eigenvalue weighted by molar-refractivity contribution is 7.09. The second-order valence-electron chi connectivity index (χ2n) is 5.32. The highest BCUT2D eigenvalue weighted by Crippen LogP contribution is 2.25. The first-order valence-electron chi connectivity index (χ1n) is 7.19. The average Bonchev–Trinajstić information content (AvgIpc) is 2.97. The zero-order valence-corrected chi connectivity index (χ0v) is 13.2. The summed E-state index contributed by atoms with van der Waals surface area (Å²) in [6.07, 6.45) is 0.399. The molecule has 0 aliphatic rings. The van der Waals surface area contributed by atoms with Gasteiger partial charge in [0.2, 0.25) is 0 Å². The molecule has 0 amide bonds. The van der Waals surface area contributed by atoms with Crippen molar-refractivity contribution in [2.75, 3.05) is 4.90 Å². The number of benzene rings is 1. The van der Waals surface area contributed by atoms with Gasteiger partial charge in [0, 0.05) is 16.6 Å². The van der Waals surface area contributed by atoms with Crippen molar-refractivity contribution < 1.29 is 5.11 Å². The molecule has 2 nitrogen and oxygen atoms in total. The van der Waals surface area contributed by atoms with Gasteiger partial charge in [0.05, 0.1) is 12.6 Å². The van der Waals surface area contributed by atoms with Crippen LogP contribution in [0.15, 0.2) is 41.8 Å². The van der Waals surface area contributed by atoms with Crippen LogP contribution in [0.5, 0.6) is 0 Å². The van der Waals surface area contributed by atoms with E-state index in [1.807, 2.05) is 19.1 Å². The lowest BCUT2D eigenvalue weighted by atomic mass is 10.1. The second-order valence-corrected chi connectivity index (χ2v) is 6.35. The number of rotatable bonds is 6. The van der Waals surface area contributed by atoms with Crippen molar-refractivity contribution >= 4 is 17.0 Å². The smallest absolute Gasteiger partial charge is 0.0787 e. The Morgan fingerprint density at radius 3 is 2.35 bits per heavy atom. The van der Waals surface area contributed by atoms with Gasteiger partial charge >= 0.3 is 0 Å². The minimum absolute atomic E-state index is 0.353. The van der Waals surface area contributed by atoms with E-state index in [1.165, 1.54) is 10.6 Å². The van der Waals surface area contributed by atoms with Gasteiger partial charge in [0.25, 0.3) is 0 Å². The quantitative estimate of drug-likeness (QED) is 0.839. The summed E-state index contributed by atoms with van der Waals surface area (Å²) in [6, 6.07) is 13.0. The molecule has 0 fully saturated rings. The Labute approximate surface area is 125 Å². The lowest BCUT2D eigenvalue weighted by Gasteiger charge is -2.29. The van der Waals surface area contributed by atoms with Crippen LogP contribution < -0.4 is 4.90 Å².